The molecule has 0 saturated carbocycles. The number of rotatable bonds is 7. The first kappa shape index (κ1) is 19.0. The predicted octanol–water partition coefficient (Wildman–Crippen LogP) is 5.40. The first-order chi connectivity index (χ1) is 11.5. The van der Waals surface area contributed by atoms with Crippen LogP contribution in [0.2, 0.25) is 5.02 Å². The van der Waals surface area contributed by atoms with E-state index in [2.05, 4.69) is 10.6 Å². The van der Waals surface area contributed by atoms with E-state index in [0.29, 0.717) is 5.11 Å². The van der Waals surface area contributed by atoms with E-state index in [4.69, 9.17) is 23.8 Å². The Bertz CT molecular complexity index is 677. The minimum absolute atomic E-state index is 0.191. The summed E-state index contributed by atoms with van der Waals surface area (Å²) < 4.78 is 12.8. The second-order valence-electron chi connectivity index (χ2n) is 5.38. The van der Waals surface area contributed by atoms with Gasteiger partial charge in [-0.2, -0.15) is 11.8 Å². The molecule has 0 fully saturated rings. The molecule has 0 bridgehead atoms. The highest BCUT2D eigenvalue weighted by Crippen LogP contribution is 2.19. The van der Waals surface area contributed by atoms with Crippen LogP contribution >= 0.6 is 35.6 Å². The zero-order valence-corrected chi connectivity index (χ0v) is 15.8. The smallest absolute Gasteiger partial charge is 0.170 e. The van der Waals surface area contributed by atoms with Crippen LogP contribution in [-0.2, 0) is 5.75 Å². The largest absolute Gasteiger partial charge is 0.362 e. The van der Waals surface area contributed by atoms with Crippen molar-refractivity contribution in [2.24, 2.45) is 0 Å². The van der Waals surface area contributed by atoms with Crippen LogP contribution in [-0.4, -0.2) is 17.4 Å². The van der Waals surface area contributed by atoms with Crippen molar-refractivity contribution in [1.82, 2.24) is 5.32 Å². The summed E-state index contributed by atoms with van der Waals surface area (Å²) in [4.78, 5) is 0. The first-order valence-electron chi connectivity index (χ1n) is 7.68. The Morgan fingerprint density at radius 2 is 1.96 bits per heavy atom. The van der Waals surface area contributed by atoms with Gasteiger partial charge in [0.2, 0.25) is 0 Å². The molecule has 0 heterocycles. The summed E-state index contributed by atoms with van der Waals surface area (Å²) in [5.41, 5.74) is 3.07. The van der Waals surface area contributed by atoms with Crippen molar-refractivity contribution >= 4 is 46.4 Å². The topological polar surface area (TPSA) is 24.1 Å². The summed E-state index contributed by atoms with van der Waals surface area (Å²) in [6, 6.07) is 12.4. The van der Waals surface area contributed by atoms with Crippen LogP contribution in [0, 0.1) is 12.7 Å². The number of hydrogen-bond donors (Lipinski definition) is 2. The summed E-state index contributed by atoms with van der Waals surface area (Å²) in [6.45, 7) is 2.77. The quantitative estimate of drug-likeness (QED) is 0.494. The molecule has 2 N–H and O–H groups in total. The third-order valence-electron chi connectivity index (χ3n) is 3.36. The molecule has 0 radical (unpaired) electrons. The standard InChI is InChI=1S/C18H20ClFN2S2/c1-13-3-8-16(11-17(13)19)22-18(23)21-9-2-10-24-12-14-4-6-15(20)7-5-14/h3-8,11H,2,9-10,12H2,1H3,(H2,21,22,23). The van der Waals surface area contributed by atoms with Crippen LogP contribution < -0.4 is 10.6 Å². The maximum Gasteiger partial charge on any atom is 0.170 e. The number of thiocarbonyl (C=S) groups is 1. The lowest BCUT2D eigenvalue weighted by molar-refractivity contribution is 0.627. The maximum absolute atomic E-state index is 12.8. The van der Waals surface area contributed by atoms with Crippen molar-refractivity contribution < 1.29 is 4.39 Å². The fourth-order valence-electron chi connectivity index (χ4n) is 1.99. The zero-order valence-electron chi connectivity index (χ0n) is 13.4. The van der Waals surface area contributed by atoms with Gasteiger partial charge in [-0.3, -0.25) is 0 Å². The lowest BCUT2D eigenvalue weighted by atomic mass is 10.2. The minimum Gasteiger partial charge on any atom is -0.362 e. The van der Waals surface area contributed by atoms with Gasteiger partial charge in [0.15, 0.2) is 5.11 Å². The second kappa shape index (κ2) is 9.87. The van der Waals surface area contributed by atoms with E-state index in [9.17, 15) is 4.39 Å². The van der Waals surface area contributed by atoms with Crippen molar-refractivity contribution in [2.75, 3.05) is 17.6 Å². The molecule has 0 aromatic heterocycles. The summed E-state index contributed by atoms with van der Waals surface area (Å²) in [6.07, 6.45) is 1.00. The molecule has 0 aliphatic rings. The Kier molecular flexibility index (Phi) is 7.82. The van der Waals surface area contributed by atoms with Gasteiger partial charge in [0.25, 0.3) is 0 Å². The molecule has 2 rings (SSSR count). The predicted molar refractivity (Wildman–Crippen MR) is 108 cm³/mol. The summed E-state index contributed by atoms with van der Waals surface area (Å²) in [5.74, 6) is 1.72. The van der Waals surface area contributed by atoms with E-state index in [0.717, 1.165) is 46.3 Å². The number of anilines is 1. The van der Waals surface area contributed by atoms with Crippen molar-refractivity contribution in [3.05, 3.63) is 64.4 Å². The molecule has 6 heteroatoms. The zero-order chi connectivity index (χ0) is 17.4. The number of aryl methyl sites for hydroxylation is 1. The molecule has 0 aliphatic carbocycles. The van der Waals surface area contributed by atoms with Gasteiger partial charge in [-0.15, -0.1) is 0 Å². The lowest BCUT2D eigenvalue weighted by Crippen LogP contribution is -2.29. The summed E-state index contributed by atoms with van der Waals surface area (Å²) in [5, 5.41) is 7.63. The van der Waals surface area contributed by atoms with Crippen molar-refractivity contribution in [3.8, 4) is 0 Å². The molecule has 2 aromatic carbocycles. The van der Waals surface area contributed by atoms with Crippen LogP contribution in [0.5, 0.6) is 0 Å². The number of thioether (sulfide) groups is 1. The Hall–Kier alpha value is -1.30. The van der Waals surface area contributed by atoms with E-state index >= 15 is 0 Å². The molecule has 0 amide bonds. The Balaban J connectivity index is 1.59. The van der Waals surface area contributed by atoms with E-state index in [1.54, 1.807) is 0 Å². The molecule has 2 nitrogen and oxygen atoms in total. The Labute approximate surface area is 157 Å². The van der Waals surface area contributed by atoms with Crippen molar-refractivity contribution in [1.29, 1.82) is 0 Å². The van der Waals surface area contributed by atoms with Crippen molar-refractivity contribution in [2.45, 2.75) is 19.1 Å². The van der Waals surface area contributed by atoms with Gasteiger partial charge in [0, 0.05) is 23.0 Å². The highest BCUT2D eigenvalue weighted by Gasteiger charge is 2.01. The van der Waals surface area contributed by atoms with E-state index in [1.165, 1.54) is 12.1 Å². The monoisotopic (exact) mass is 382 g/mol. The number of halogens is 2. The minimum atomic E-state index is -0.191. The molecule has 128 valence electrons. The van der Waals surface area contributed by atoms with Gasteiger partial charge in [-0.25, -0.2) is 4.39 Å². The van der Waals surface area contributed by atoms with Crippen LogP contribution in [0.4, 0.5) is 10.1 Å². The fraction of sp³-hybridized carbons (Fsp3) is 0.278. The van der Waals surface area contributed by atoms with Gasteiger partial charge < -0.3 is 10.6 Å². The van der Waals surface area contributed by atoms with Crippen molar-refractivity contribution in [3.63, 3.8) is 0 Å². The van der Waals surface area contributed by atoms with Crippen LogP contribution in [0.25, 0.3) is 0 Å². The van der Waals surface area contributed by atoms with Crippen LogP contribution in [0.15, 0.2) is 42.5 Å². The lowest BCUT2D eigenvalue weighted by Gasteiger charge is -2.11. The number of hydrogen-bond acceptors (Lipinski definition) is 2. The van der Waals surface area contributed by atoms with Gasteiger partial charge in [0.05, 0.1) is 0 Å². The maximum atomic E-state index is 12.8. The molecule has 0 atom stereocenters. The molecular formula is C18H20ClFN2S2. The second-order valence-corrected chi connectivity index (χ2v) is 7.30. The Morgan fingerprint density at radius 1 is 1.21 bits per heavy atom. The molecule has 0 aliphatic heterocycles. The summed E-state index contributed by atoms with van der Waals surface area (Å²) >= 11 is 13.2. The molecule has 0 saturated heterocycles. The van der Waals surface area contributed by atoms with Gasteiger partial charge >= 0.3 is 0 Å². The molecular weight excluding hydrogens is 363 g/mol. The van der Waals surface area contributed by atoms with Gasteiger partial charge in [-0.1, -0.05) is 29.8 Å². The van der Waals surface area contributed by atoms with E-state index < -0.39 is 0 Å². The average Bonchev–Trinajstić information content (AvgIpc) is 2.56. The van der Waals surface area contributed by atoms with Gasteiger partial charge in [-0.05, 0) is 66.7 Å². The third kappa shape index (κ3) is 6.67. The van der Waals surface area contributed by atoms with Crippen LogP contribution in [0.1, 0.15) is 17.5 Å². The highest BCUT2D eigenvalue weighted by molar-refractivity contribution is 7.98. The van der Waals surface area contributed by atoms with E-state index in [-0.39, 0.29) is 5.82 Å². The van der Waals surface area contributed by atoms with Gasteiger partial charge in [0.1, 0.15) is 5.82 Å². The third-order valence-corrected chi connectivity index (χ3v) is 5.13. The molecule has 2 aromatic rings. The average molecular weight is 383 g/mol. The molecule has 0 spiro atoms. The number of benzene rings is 2. The van der Waals surface area contributed by atoms with Crippen LogP contribution in [0.3, 0.4) is 0 Å². The molecule has 0 unspecified atom stereocenters. The molecule has 24 heavy (non-hydrogen) atoms. The number of nitrogens with one attached hydrogen (secondary N) is 2. The SMILES string of the molecule is Cc1ccc(NC(=S)NCCCSCc2ccc(F)cc2)cc1Cl. The first-order valence-corrected chi connectivity index (χ1v) is 9.62. The summed E-state index contributed by atoms with van der Waals surface area (Å²) in [7, 11) is 0. The Morgan fingerprint density at radius 3 is 2.67 bits per heavy atom. The fourth-order valence-corrected chi connectivity index (χ4v) is 3.31. The highest BCUT2D eigenvalue weighted by atomic mass is 35.5. The van der Waals surface area contributed by atoms with E-state index in [1.807, 2.05) is 49.0 Å². The normalized spacial score (nSPS) is 10.5.